The number of carboxylic acid groups (broad SMARTS) is 1. The van der Waals surface area contributed by atoms with Crippen molar-refractivity contribution in [1.82, 2.24) is 4.98 Å². The number of carboxylic acids is 1. The van der Waals surface area contributed by atoms with Gasteiger partial charge >= 0.3 is 5.97 Å². The van der Waals surface area contributed by atoms with E-state index < -0.39 is 11.9 Å². The van der Waals surface area contributed by atoms with Crippen molar-refractivity contribution in [1.29, 1.82) is 0 Å². The van der Waals surface area contributed by atoms with Gasteiger partial charge in [-0.15, -0.1) is 0 Å². The van der Waals surface area contributed by atoms with Crippen LogP contribution in [0.2, 0.25) is 0 Å². The van der Waals surface area contributed by atoms with Crippen molar-refractivity contribution in [2.75, 3.05) is 12.4 Å². The maximum Gasteiger partial charge on any atom is 0.339 e. The third-order valence-corrected chi connectivity index (χ3v) is 3.12. The Morgan fingerprint density at radius 1 is 1.29 bits per heavy atom. The number of nitrogens with zero attached hydrogens (tertiary/aromatic N) is 1. The summed E-state index contributed by atoms with van der Waals surface area (Å²) >= 11 is 3.24. The number of carbonyl (C=O) groups excluding carboxylic acids is 1. The highest BCUT2D eigenvalue weighted by molar-refractivity contribution is 9.10. The van der Waals surface area contributed by atoms with E-state index in [9.17, 15) is 9.59 Å². The highest BCUT2D eigenvalue weighted by Crippen LogP contribution is 2.23. The molecular weight excluding hydrogens is 340 g/mol. The smallest absolute Gasteiger partial charge is 0.339 e. The molecule has 1 heterocycles. The Morgan fingerprint density at radius 3 is 2.62 bits per heavy atom. The Bertz CT molecular complexity index is 686. The van der Waals surface area contributed by atoms with E-state index in [0.717, 1.165) is 4.47 Å². The van der Waals surface area contributed by atoms with Crippen LogP contribution in [0, 0.1) is 0 Å². The molecule has 1 aromatic carbocycles. The number of amides is 1. The van der Waals surface area contributed by atoms with Gasteiger partial charge in [0.15, 0.2) is 0 Å². The summed E-state index contributed by atoms with van der Waals surface area (Å²) in [6.45, 7) is 0. The number of aromatic carboxylic acids is 1. The van der Waals surface area contributed by atoms with Crippen LogP contribution < -0.4 is 10.1 Å². The molecule has 2 aromatic rings. The SMILES string of the molecule is COc1cc(NC(=O)c2ccc(Br)cn2)ccc1C(=O)O. The molecule has 7 heteroatoms. The number of anilines is 1. The number of carbonyl (C=O) groups is 2. The lowest BCUT2D eigenvalue weighted by molar-refractivity contribution is 0.0693. The summed E-state index contributed by atoms with van der Waals surface area (Å²) in [6.07, 6.45) is 1.52. The second kappa shape index (κ2) is 6.36. The van der Waals surface area contributed by atoms with Crippen molar-refractivity contribution >= 4 is 33.5 Å². The fourth-order valence-corrected chi connectivity index (χ4v) is 1.89. The second-order valence-electron chi connectivity index (χ2n) is 4.04. The molecule has 2 rings (SSSR count). The number of pyridine rings is 1. The zero-order chi connectivity index (χ0) is 15.4. The molecular formula is C14H11BrN2O4. The van der Waals surface area contributed by atoms with E-state index >= 15 is 0 Å². The standard InChI is InChI=1S/C14H11BrN2O4/c1-21-12-6-9(3-4-10(12)14(19)20)17-13(18)11-5-2-8(15)7-16-11/h2-7H,1H3,(H,17,18)(H,19,20). The summed E-state index contributed by atoms with van der Waals surface area (Å²) in [5.41, 5.74) is 0.698. The summed E-state index contributed by atoms with van der Waals surface area (Å²) in [6, 6.07) is 7.58. The Hall–Kier alpha value is -2.41. The van der Waals surface area contributed by atoms with Crippen molar-refractivity contribution < 1.29 is 19.4 Å². The molecule has 0 aliphatic carbocycles. The molecule has 0 aliphatic heterocycles. The number of rotatable bonds is 4. The Balaban J connectivity index is 2.21. The van der Waals surface area contributed by atoms with Crippen molar-refractivity contribution in [3.05, 3.63) is 52.3 Å². The van der Waals surface area contributed by atoms with Crippen LogP contribution >= 0.6 is 15.9 Å². The molecule has 0 bridgehead atoms. The molecule has 2 N–H and O–H groups in total. The topological polar surface area (TPSA) is 88.5 Å². The minimum absolute atomic E-state index is 0.0252. The number of hydrogen-bond acceptors (Lipinski definition) is 4. The van der Waals surface area contributed by atoms with Crippen LogP contribution in [0.25, 0.3) is 0 Å². The number of halogens is 1. The molecule has 0 saturated carbocycles. The van der Waals surface area contributed by atoms with E-state index in [4.69, 9.17) is 9.84 Å². The first kappa shape index (κ1) is 15.0. The Kier molecular flexibility index (Phi) is 4.54. The van der Waals surface area contributed by atoms with E-state index in [0.29, 0.717) is 5.69 Å². The maximum absolute atomic E-state index is 12.0. The monoisotopic (exact) mass is 350 g/mol. The summed E-state index contributed by atoms with van der Waals surface area (Å²) in [5, 5.41) is 11.6. The van der Waals surface area contributed by atoms with Gasteiger partial charge in [-0.1, -0.05) is 0 Å². The second-order valence-corrected chi connectivity index (χ2v) is 4.95. The number of benzene rings is 1. The molecule has 0 spiro atoms. The Morgan fingerprint density at radius 2 is 2.05 bits per heavy atom. The van der Waals surface area contributed by atoms with Gasteiger partial charge in [0.2, 0.25) is 0 Å². The predicted molar refractivity (Wildman–Crippen MR) is 79.8 cm³/mol. The van der Waals surface area contributed by atoms with Gasteiger partial charge in [-0.05, 0) is 40.2 Å². The number of ether oxygens (including phenoxy) is 1. The molecule has 0 unspecified atom stereocenters. The molecule has 0 aliphatic rings. The lowest BCUT2D eigenvalue weighted by Gasteiger charge is -2.09. The summed E-state index contributed by atoms with van der Waals surface area (Å²) in [7, 11) is 1.36. The molecule has 0 atom stereocenters. The Labute approximate surface area is 128 Å². The lowest BCUT2D eigenvalue weighted by Crippen LogP contribution is -2.13. The van der Waals surface area contributed by atoms with Crippen LogP contribution in [0.4, 0.5) is 5.69 Å². The minimum Gasteiger partial charge on any atom is -0.496 e. The van der Waals surface area contributed by atoms with E-state index in [1.165, 1.54) is 31.5 Å². The van der Waals surface area contributed by atoms with Crippen LogP contribution in [0.15, 0.2) is 41.0 Å². The summed E-state index contributed by atoms with van der Waals surface area (Å²) in [5.74, 6) is -1.32. The average molecular weight is 351 g/mol. The molecule has 1 aromatic heterocycles. The van der Waals surface area contributed by atoms with Crippen LogP contribution in [-0.2, 0) is 0 Å². The first-order valence-electron chi connectivity index (χ1n) is 5.85. The van der Waals surface area contributed by atoms with Crippen molar-refractivity contribution in [2.45, 2.75) is 0 Å². The molecule has 0 radical (unpaired) electrons. The molecule has 21 heavy (non-hydrogen) atoms. The summed E-state index contributed by atoms with van der Waals surface area (Å²) < 4.78 is 5.77. The third-order valence-electron chi connectivity index (χ3n) is 2.65. The van der Waals surface area contributed by atoms with Crippen molar-refractivity contribution in [3.8, 4) is 5.75 Å². The fraction of sp³-hybridized carbons (Fsp3) is 0.0714. The quantitative estimate of drug-likeness (QED) is 0.884. The number of nitrogens with one attached hydrogen (secondary N) is 1. The zero-order valence-corrected chi connectivity index (χ0v) is 12.5. The maximum atomic E-state index is 12.0. The van der Waals surface area contributed by atoms with Crippen molar-refractivity contribution in [3.63, 3.8) is 0 Å². The highest BCUT2D eigenvalue weighted by Gasteiger charge is 2.13. The average Bonchev–Trinajstić information content (AvgIpc) is 2.47. The normalized spacial score (nSPS) is 10.0. The molecule has 1 amide bonds. The van der Waals surface area contributed by atoms with Gasteiger partial charge in [0.1, 0.15) is 17.0 Å². The first-order valence-corrected chi connectivity index (χ1v) is 6.65. The van der Waals surface area contributed by atoms with Crippen LogP contribution in [0.3, 0.4) is 0 Å². The number of aromatic nitrogens is 1. The van der Waals surface area contributed by atoms with Gasteiger partial charge in [-0.3, -0.25) is 4.79 Å². The number of methoxy groups -OCH3 is 1. The first-order chi connectivity index (χ1) is 10.0. The molecule has 108 valence electrons. The van der Waals surface area contributed by atoms with Crippen LogP contribution in [0.5, 0.6) is 5.75 Å². The lowest BCUT2D eigenvalue weighted by atomic mass is 10.2. The van der Waals surface area contributed by atoms with E-state index in [2.05, 4.69) is 26.2 Å². The van der Waals surface area contributed by atoms with Crippen LogP contribution in [-0.4, -0.2) is 29.1 Å². The zero-order valence-electron chi connectivity index (χ0n) is 11.0. The molecule has 0 saturated heterocycles. The van der Waals surface area contributed by atoms with E-state index in [1.54, 1.807) is 12.1 Å². The van der Waals surface area contributed by atoms with Gasteiger partial charge in [-0.2, -0.15) is 0 Å². The minimum atomic E-state index is -1.10. The van der Waals surface area contributed by atoms with Gasteiger partial charge in [0.05, 0.1) is 7.11 Å². The number of hydrogen-bond donors (Lipinski definition) is 2. The van der Waals surface area contributed by atoms with E-state index in [1.807, 2.05) is 0 Å². The summed E-state index contributed by atoms with van der Waals surface area (Å²) in [4.78, 5) is 27.0. The van der Waals surface area contributed by atoms with E-state index in [-0.39, 0.29) is 17.0 Å². The van der Waals surface area contributed by atoms with Gasteiger partial charge < -0.3 is 15.2 Å². The highest BCUT2D eigenvalue weighted by atomic mass is 79.9. The molecule has 6 nitrogen and oxygen atoms in total. The van der Waals surface area contributed by atoms with Gasteiger partial charge in [-0.25, -0.2) is 9.78 Å². The fourth-order valence-electron chi connectivity index (χ4n) is 1.65. The molecule has 0 fully saturated rings. The van der Waals surface area contributed by atoms with Gasteiger partial charge in [0.25, 0.3) is 5.91 Å². The van der Waals surface area contributed by atoms with Crippen LogP contribution in [0.1, 0.15) is 20.8 Å². The van der Waals surface area contributed by atoms with Gasteiger partial charge in [0, 0.05) is 22.4 Å². The largest absolute Gasteiger partial charge is 0.496 e. The third kappa shape index (κ3) is 3.57. The predicted octanol–water partition coefficient (Wildman–Crippen LogP) is 2.80. The van der Waals surface area contributed by atoms with Crippen molar-refractivity contribution in [2.24, 2.45) is 0 Å².